The molecule has 0 radical (unpaired) electrons. The minimum absolute atomic E-state index is 0.0511. The number of nitrogens with one attached hydrogen (secondary N) is 1. The number of nitrogens with zero attached hydrogens (tertiary/aromatic N) is 3. The van der Waals surface area contributed by atoms with Crippen LogP contribution < -0.4 is 4.72 Å². The minimum Gasteiger partial charge on any atom is -0.275 e. The van der Waals surface area contributed by atoms with Gasteiger partial charge in [-0.25, -0.2) is 13.1 Å². The van der Waals surface area contributed by atoms with Crippen molar-refractivity contribution in [2.24, 2.45) is 7.05 Å². The summed E-state index contributed by atoms with van der Waals surface area (Å²) in [7, 11) is -2.18. The first-order chi connectivity index (χ1) is 12.6. The summed E-state index contributed by atoms with van der Waals surface area (Å²) < 4.78 is 66.4. The molecule has 0 spiro atoms. The first kappa shape index (κ1) is 19.1. The molecule has 2 aromatic heterocycles. The van der Waals surface area contributed by atoms with Crippen molar-refractivity contribution < 1.29 is 21.6 Å². The van der Waals surface area contributed by atoms with Crippen LogP contribution in [0.2, 0.25) is 0 Å². The Bertz CT molecular complexity index is 1040. The second-order valence-corrected chi connectivity index (χ2v) is 7.60. The van der Waals surface area contributed by atoms with Gasteiger partial charge in [0.1, 0.15) is 0 Å². The predicted molar refractivity (Wildman–Crippen MR) is 91.9 cm³/mol. The van der Waals surface area contributed by atoms with Crippen molar-refractivity contribution in [3.8, 4) is 11.1 Å². The van der Waals surface area contributed by atoms with Gasteiger partial charge in [0.15, 0.2) is 0 Å². The number of pyridine rings is 1. The smallest absolute Gasteiger partial charge is 0.275 e. The molecule has 0 aliphatic rings. The molecule has 0 saturated heterocycles. The van der Waals surface area contributed by atoms with Crippen LogP contribution in [-0.2, 0) is 29.8 Å². The summed E-state index contributed by atoms with van der Waals surface area (Å²) in [5.74, 6) is 0. The normalized spacial score (nSPS) is 12.3. The molecular formula is C17H15F3N4O2S. The molecular weight excluding hydrogens is 381 g/mol. The predicted octanol–water partition coefficient (Wildman–Crippen LogP) is 2.98. The van der Waals surface area contributed by atoms with Crippen molar-refractivity contribution in [1.29, 1.82) is 0 Å². The summed E-state index contributed by atoms with van der Waals surface area (Å²) in [6.07, 6.45) is 2.08. The van der Waals surface area contributed by atoms with E-state index in [1.54, 1.807) is 36.4 Å². The van der Waals surface area contributed by atoms with Crippen molar-refractivity contribution in [1.82, 2.24) is 19.5 Å². The Morgan fingerprint density at radius 3 is 2.37 bits per heavy atom. The highest BCUT2D eigenvalue weighted by atomic mass is 32.2. The van der Waals surface area contributed by atoms with Gasteiger partial charge in [0.25, 0.3) is 0 Å². The number of benzene rings is 1. The first-order valence-electron chi connectivity index (χ1n) is 7.75. The Morgan fingerprint density at radius 1 is 1.07 bits per heavy atom. The van der Waals surface area contributed by atoms with Crippen LogP contribution in [0.5, 0.6) is 0 Å². The number of halogens is 3. The summed E-state index contributed by atoms with van der Waals surface area (Å²) in [6, 6.07) is 5.09. The number of alkyl halides is 3. The monoisotopic (exact) mass is 396 g/mol. The summed E-state index contributed by atoms with van der Waals surface area (Å²) in [6.45, 7) is -0.0511. The fourth-order valence-corrected chi connectivity index (χ4v) is 3.41. The molecule has 1 N–H and O–H groups in total. The number of sulfonamides is 1. The highest BCUT2D eigenvalue weighted by Gasteiger charge is 2.30. The molecule has 0 atom stereocenters. The molecule has 3 aromatic rings. The third-order valence-electron chi connectivity index (χ3n) is 3.79. The summed E-state index contributed by atoms with van der Waals surface area (Å²) >= 11 is 0. The standard InChI is InChI=1S/C17H15F3N4O2S/c1-24-11-14(10-22-24)13-6-12(7-21-9-13)8-23-27(25,26)16-4-2-15(3-5-16)17(18,19)20/h2-7,9-11,23H,8H2,1H3. The molecule has 0 unspecified atom stereocenters. The van der Waals surface area contributed by atoms with Crippen LogP contribution >= 0.6 is 0 Å². The van der Waals surface area contributed by atoms with E-state index in [9.17, 15) is 21.6 Å². The van der Waals surface area contributed by atoms with Crippen LogP contribution in [0, 0.1) is 0 Å². The van der Waals surface area contributed by atoms with E-state index in [2.05, 4.69) is 14.8 Å². The number of rotatable bonds is 5. The third kappa shape index (κ3) is 4.52. The van der Waals surface area contributed by atoms with Crippen LogP contribution in [0.1, 0.15) is 11.1 Å². The van der Waals surface area contributed by atoms with E-state index in [1.165, 1.54) is 6.20 Å². The molecule has 1 aromatic carbocycles. The third-order valence-corrected chi connectivity index (χ3v) is 5.21. The highest BCUT2D eigenvalue weighted by Crippen LogP contribution is 2.29. The fraction of sp³-hybridized carbons (Fsp3) is 0.176. The van der Waals surface area contributed by atoms with E-state index in [0.717, 1.165) is 35.4 Å². The lowest BCUT2D eigenvalue weighted by atomic mass is 10.1. The van der Waals surface area contributed by atoms with Gasteiger partial charge in [0.05, 0.1) is 16.7 Å². The molecule has 0 bridgehead atoms. The molecule has 0 fully saturated rings. The Kier molecular flexibility index (Phi) is 5.03. The Hall–Kier alpha value is -2.72. The lowest BCUT2D eigenvalue weighted by Gasteiger charge is -2.10. The molecule has 3 rings (SSSR count). The molecule has 0 aliphatic carbocycles. The second kappa shape index (κ2) is 7.12. The maximum absolute atomic E-state index is 12.6. The Labute approximate surface area is 153 Å². The van der Waals surface area contributed by atoms with Crippen LogP contribution in [0.3, 0.4) is 0 Å². The SMILES string of the molecule is Cn1cc(-c2cncc(CNS(=O)(=O)c3ccc(C(F)(F)F)cc3)c2)cn1. The molecule has 27 heavy (non-hydrogen) atoms. The zero-order chi connectivity index (χ0) is 19.7. The summed E-state index contributed by atoms with van der Waals surface area (Å²) in [5.41, 5.74) is 1.30. The van der Waals surface area contributed by atoms with Gasteiger partial charge >= 0.3 is 6.18 Å². The average molecular weight is 396 g/mol. The van der Waals surface area contributed by atoms with Gasteiger partial charge in [0.2, 0.25) is 10.0 Å². The van der Waals surface area contributed by atoms with E-state index in [0.29, 0.717) is 5.56 Å². The zero-order valence-corrected chi connectivity index (χ0v) is 14.9. The molecule has 10 heteroatoms. The molecule has 0 saturated carbocycles. The second-order valence-electron chi connectivity index (χ2n) is 5.83. The lowest BCUT2D eigenvalue weighted by molar-refractivity contribution is -0.137. The molecule has 6 nitrogen and oxygen atoms in total. The van der Waals surface area contributed by atoms with E-state index in [-0.39, 0.29) is 11.4 Å². The Morgan fingerprint density at radius 2 is 1.78 bits per heavy atom. The minimum atomic E-state index is -4.52. The molecule has 0 aliphatic heterocycles. The van der Waals surface area contributed by atoms with Gasteiger partial charge < -0.3 is 0 Å². The quantitative estimate of drug-likeness (QED) is 0.719. The van der Waals surface area contributed by atoms with E-state index < -0.39 is 21.8 Å². The van der Waals surface area contributed by atoms with Gasteiger partial charge in [-0.2, -0.15) is 18.3 Å². The maximum atomic E-state index is 12.6. The van der Waals surface area contributed by atoms with Gasteiger partial charge in [-0.05, 0) is 35.9 Å². The molecule has 0 amide bonds. The van der Waals surface area contributed by atoms with Gasteiger partial charge in [-0.1, -0.05) is 0 Å². The van der Waals surface area contributed by atoms with Crippen LogP contribution in [0.4, 0.5) is 13.2 Å². The van der Waals surface area contributed by atoms with Crippen LogP contribution in [-0.4, -0.2) is 23.2 Å². The largest absolute Gasteiger partial charge is 0.416 e. The lowest BCUT2D eigenvalue weighted by Crippen LogP contribution is -2.23. The molecule has 2 heterocycles. The topological polar surface area (TPSA) is 76.9 Å². The average Bonchev–Trinajstić information content (AvgIpc) is 3.06. The summed E-state index contributed by atoms with van der Waals surface area (Å²) in [5, 5.41) is 4.07. The van der Waals surface area contributed by atoms with Crippen molar-refractivity contribution >= 4 is 10.0 Å². The number of aromatic nitrogens is 3. The van der Waals surface area contributed by atoms with Crippen molar-refractivity contribution in [3.05, 3.63) is 66.2 Å². The first-order valence-corrected chi connectivity index (χ1v) is 9.23. The van der Waals surface area contributed by atoms with Crippen LogP contribution in [0.15, 0.2) is 60.0 Å². The van der Waals surface area contributed by atoms with E-state index >= 15 is 0 Å². The number of hydrogen-bond acceptors (Lipinski definition) is 4. The molecule has 142 valence electrons. The van der Waals surface area contributed by atoms with Gasteiger partial charge in [-0.3, -0.25) is 9.67 Å². The fourth-order valence-electron chi connectivity index (χ4n) is 2.40. The van der Waals surface area contributed by atoms with E-state index in [1.807, 2.05) is 0 Å². The van der Waals surface area contributed by atoms with E-state index in [4.69, 9.17) is 0 Å². The van der Waals surface area contributed by atoms with Crippen molar-refractivity contribution in [3.63, 3.8) is 0 Å². The van der Waals surface area contributed by atoms with Gasteiger partial charge in [0, 0.05) is 43.3 Å². The number of hydrogen-bond donors (Lipinski definition) is 1. The van der Waals surface area contributed by atoms with Crippen molar-refractivity contribution in [2.45, 2.75) is 17.6 Å². The maximum Gasteiger partial charge on any atom is 0.416 e. The summed E-state index contributed by atoms with van der Waals surface area (Å²) in [4.78, 5) is 3.84. The van der Waals surface area contributed by atoms with Crippen molar-refractivity contribution in [2.75, 3.05) is 0 Å². The Balaban J connectivity index is 1.74. The van der Waals surface area contributed by atoms with Crippen LogP contribution in [0.25, 0.3) is 11.1 Å². The zero-order valence-electron chi connectivity index (χ0n) is 14.1. The van der Waals surface area contributed by atoms with Gasteiger partial charge in [-0.15, -0.1) is 0 Å². The highest BCUT2D eigenvalue weighted by molar-refractivity contribution is 7.89. The number of aryl methyl sites for hydroxylation is 1.